The molecule has 1 rings (SSSR count). The van der Waals surface area contributed by atoms with Crippen molar-refractivity contribution in [2.75, 3.05) is 6.54 Å². The summed E-state index contributed by atoms with van der Waals surface area (Å²) in [5.41, 5.74) is 6.07. The van der Waals surface area contributed by atoms with Gasteiger partial charge in [-0.25, -0.2) is 0 Å². The molecule has 3 unspecified atom stereocenters. The van der Waals surface area contributed by atoms with Gasteiger partial charge in [-0.15, -0.1) is 0 Å². The molecule has 0 spiro atoms. The summed E-state index contributed by atoms with van der Waals surface area (Å²) < 4.78 is 0. The first kappa shape index (κ1) is 11.0. The van der Waals surface area contributed by atoms with E-state index in [0.717, 1.165) is 12.5 Å². The van der Waals surface area contributed by atoms with Gasteiger partial charge in [0.05, 0.1) is 0 Å². The van der Waals surface area contributed by atoms with E-state index in [1.165, 1.54) is 25.8 Å². The first-order valence-electron chi connectivity index (χ1n) is 5.72. The summed E-state index contributed by atoms with van der Waals surface area (Å²) in [4.78, 5) is 2.61. The predicted octanol–water partition coefficient (Wildman–Crippen LogP) is 1.99. The van der Waals surface area contributed by atoms with Crippen molar-refractivity contribution >= 4 is 0 Å². The van der Waals surface area contributed by atoms with Gasteiger partial charge in [-0.2, -0.15) is 0 Å². The van der Waals surface area contributed by atoms with E-state index in [1.807, 2.05) is 0 Å². The van der Waals surface area contributed by atoms with Crippen LogP contribution in [0, 0.1) is 0 Å². The summed E-state index contributed by atoms with van der Waals surface area (Å²) in [5.74, 6) is 0. The van der Waals surface area contributed by atoms with Crippen LogP contribution in [0.5, 0.6) is 0 Å². The number of likely N-dealkylation sites (tertiary alicyclic amines) is 1. The molecule has 0 bridgehead atoms. The van der Waals surface area contributed by atoms with Crippen LogP contribution in [0.25, 0.3) is 0 Å². The molecular formula is C11H24N2. The lowest BCUT2D eigenvalue weighted by molar-refractivity contribution is 0.163. The van der Waals surface area contributed by atoms with Crippen LogP contribution in [0.15, 0.2) is 0 Å². The zero-order chi connectivity index (χ0) is 9.84. The molecule has 0 radical (unpaired) electrons. The van der Waals surface area contributed by atoms with Gasteiger partial charge in [0.15, 0.2) is 0 Å². The maximum atomic E-state index is 6.07. The number of hydrogen-bond donors (Lipinski definition) is 1. The lowest BCUT2D eigenvalue weighted by atomic mass is 10.0. The van der Waals surface area contributed by atoms with Crippen molar-refractivity contribution in [1.29, 1.82) is 0 Å². The standard InChI is InChI=1S/C11H24N2/c1-4-10-7-6-8-13(10)9(3)11(12)5-2/h9-11H,4-8,12H2,1-3H3. The highest BCUT2D eigenvalue weighted by Crippen LogP contribution is 2.23. The van der Waals surface area contributed by atoms with Crippen LogP contribution in [-0.2, 0) is 0 Å². The molecule has 1 fully saturated rings. The zero-order valence-corrected chi connectivity index (χ0v) is 9.29. The summed E-state index contributed by atoms with van der Waals surface area (Å²) in [6, 6.07) is 1.72. The second-order valence-electron chi connectivity index (χ2n) is 4.25. The Hall–Kier alpha value is -0.0800. The molecule has 1 saturated heterocycles. The number of nitrogens with two attached hydrogens (primary N) is 1. The van der Waals surface area contributed by atoms with Gasteiger partial charge < -0.3 is 5.73 Å². The SMILES string of the molecule is CCC(N)C(C)N1CCCC1CC. The molecule has 0 amide bonds. The third-order valence-electron chi connectivity index (χ3n) is 3.51. The Labute approximate surface area is 82.5 Å². The van der Waals surface area contributed by atoms with Crippen molar-refractivity contribution in [3.05, 3.63) is 0 Å². The topological polar surface area (TPSA) is 29.3 Å². The van der Waals surface area contributed by atoms with Crippen LogP contribution in [0.1, 0.15) is 46.5 Å². The van der Waals surface area contributed by atoms with Gasteiger partial charge in [0.2, 0.25) is 0 Å². The minimum absolute atomic E-state index is 0.354. The Bertz CT molecular complexity index is 147. The van der Waals surface area contributed by atoms with Gasteiger partial charge in [-0.3, -0.25) is 4.90 Å². The Morgan fingerprint density at radius 1 is 1.46 bits per heavy atom. The Balaban J connectivity index is 2.49. The van der Waals surface area contributed by atoms with Gasteiger partial charge in [-0.1, -0.05) is 13.8 Å². The van der Waals surface area contributed by atoms with E-state index in [-0.39, 0.29) is 0 Å². The normalized spacial score (nSPS) is 29.1. The minimum atomic E-state index is 0.354. The van der Waals surface area contributed by atoms with E-state index in [4.69, 9.17) is 5.73 Å². The van der Waals surface area contributed by atoms with Crippen LogP contribution >= 0.6 is 0 Å². The molecule has 1 aliphatic heterocycles. The summed E-state index contributed by atoms with van der Waals surface area (Å²) in [6.45, 7) is 8.00. The fourth-order valence-electron chi connectivity index (χ4n) is 2.42. The molecule has 0 aromatic heterocycles. The van der Waals surface area contributed by atoms with E-state index in [0.29, 0.717) is 12.1 Å². The number of nitrogens with zero attached hydrogens (tertiary/aromatic N) is 1. The van der Waals surface area contributed by atoms with Gasteiger partial charge in [-0.05, 0) is 39.2 Å². The molecule has 0 aliphatic carbocycles. The van der Waals surface area contributed by atoms with Crippen LogP contribution < -0.4 is 5.73 Å². The van der Waals surface area contributed by atoms with Crippen LogP contribution in [0.3, 0.4) is 0 Å². The second-order valence-corrected chi connectivity index (χ2v) is 4.25. The zero-order valence-electron chi connectivity index (χ0n) is 9.29. The smallest absolute Gasteiger partial charge is 0.0221 e. The number of hydrogen-bond acceptors (Lipinski definition) is 2. The van der Waals surface area contributed by atoms with Crippen molar-refractivity contribution in [3.8, 4) is 0 Å². The van der Waals surface area contributed by atoms with Crippen molar-refractivity contribution in [1.82, 2.24) is 4.90 Å². The van der Waals surface area contributed by atoms with E-state index in [1.54, 1.807) is 0 Å². The molecule has 13 heavy (non-hydrogen) atoms. The molecule has 78 valence electrons. The molecule has 3 atom stereocenters. The van der Waals surface area contributed by atoms with E-state index < -0.39 is 0 Å². The predicted molar refractivity (Wildman–Crippen MR) is 57.7 cm³/mol. The summed E-state index contributed by atoms with van der Waals surface area (Å²) in [6.07, 6.45) is 5.10. The minimum Gasteiger partial charge on any atom is -0.326 e. The van der Waals surface area contributed by atoms with Crippen molar-refractivity contribution in [2.24, 2.45) is 5.73 Å². The van der Waals surface area contributed by atoms with E-state index >= 15 is 0 Å². The molecule has 1 aliphatic rings. The van der Waals surface area contributed by atoms with Gasteiger partial charge >= 0.3 is 0 Å². The van der Waals surface area contributed by atoms with Crippen molar-refractivity contribution in [2.45, 2.75) is 64.6 Å². The molecule has 0 aromatic rings. The number of rotatable bonds is 4. The Kier molecular flexibility index (Phi) is 4.20. The molecule has 2 heteroatoms. The summed E-state index contributed by atoms with van der Waals surface area (Å²) in [5, 5.41) is 0. The maximum absolute atomic E-state index is 6.07. The fourth-order valence-corrected chi connectivity index (χ4v) is 2.42. The van der Waals surface area contributed by atoms with Crippen LogP contribution in [0.2, 0.25) is 0 Å². The molecule has 2 nitrogen and oxygen atoms in total. The molecule has 0 aromatic carbocycles. The third-order valence-corrected chi connectivity index (χ3v) is 3.51. The average molecular weight is 184 g/mol. The highest BCUT2D eigenvalue weighted by Gasteiger charge is 2.29. The van der Waals surface area contributed by atoms with E-state index in [9.17, 15) is 0 Å². The molecule has 0 saturated carbocycles. The summed E-state index contributed by atoms with van der Waals surface area (Å²) >= 11 is 0. The van der Waals surface area contributed by atoms with Gasteiger partial charge in [0, 0.05) is 18.1 Å². The van der Waals surface area contributed by atoms with Gasteiger partial charge in [0.25, 0.3) is 0 Å². The molecule has 1 heterocycles. The monoisotopic (exact) mass is 184 g/mol. The first-order valence-corrected chi connectivity index (χ1v) is 5.72. The van der Waals surface area contributed by atoms with Crippen LogP contribution in [-0.4, -0.2) is 29.6 Å². The fraction of sp³-hybridized carbons (Fsp3) is 1.00. The second kappa shape index (κ2) is 4.97. The average Bonchev–Trinajstić information content (AvgIpc) is 2.62. The Morgan fingerprint density at radius 2 is 2.15 bits per heavy atom. The highest BCUT2D eigenvalue weighted by molar-refractivity contribution is 4.86. The Morgan fingerprint density at radius 3 is 2.69 bits per heavy atom. The van der Waals surface area contributed by atoms with Gasteiger partial charge in [0.1, 0.15) is 0 Å². The third kappa shape index (κ3) is 2.44. The summed E-state index contributed by atoms with van der Waals surface area (Å²) in [7, 11) is 0. The largest absolute Gasteiger partial charge is 0.326 e. The lowest BCUT2D eigenvalue weighted by Gasteiger charge is -2.33. The lowest BCUT2D eigenvalue weighted by Crippen LogP contribution is -2.47. The van der Waals surface area contributed by atoms with Crippen molar-refractivity contribution < 1.29 is 0 Å². The van der Waals surface area contributed by atoms with Crippen LogP contribution in [0.4, 0.5) is 0 Å². The highest BCUT2D eigenvalue weighted by atomic mass is 15.2. The quantitative estimate of drug-likeness (QED) is 0.724. The maximum Gasteiger partial charge on any atom is 0.0221 e. The molecule has 2 N–H and O–H groups in total. The first-order chi connectivity index (χ1) is 6.20. The molecular weight excluding hydrogens is 160 g/mol. The van der Waals surface area contributed by atoms with E-state index in [2.05, 4.69) is 25.7 Å². The van der Waals surface area contributed by atoms with Crippen molar-refractivity contribution in [3.63, 3.8) is 0 Å².